The first-order chi connectivity index (χ1) is 16.2. The summed E-state index contributed by atoms with van der Waals surface area (Å²) in [7, 11) is -3.82. The Hall–Kier alpha value is -3.06. The second-order valence-corrected chi connectivity index (χ2v) is 10.5. The van der Waals surface area contributed by atoms with Crippen molar-refractivity contribution in [1.82, 2.24) is 9.55 Å². The lowest BCUT2D eigenvalue weighted by molar-refractivity contribution is -0.113. The number of aromatic nitrogens is 2. The molecule has 0 aliphatic heterocycles. The minimum Gasteiger partial charge on any atom is -0.325 e. The number of benzene rings is 2. The summed E-state index contributed by atoms with van der Waals surface area (Å²) in [5.74, 6) is -0.710. The number of hydrogen-bond acceptors (Lipinski definition) is 7. The quantitative estimate of drug-likeness (QED) is 0.284. The van der Waals surface area contributed by atoms with Gasteiger partial charge in [0, 0.05) is 23.2 Å². The summed E-state index contributed by atoms with van der Waals surface area (Å²) in [6.07, 6.45) is 0. The third-order valence-corrected chi connectivity index (χ3v) is 7.71. The van der Waals surface area contributed by atoms with E-state index in [-0.39, 0.29) is 27.9 Å². The summed E-state index contributed by atoms with van der Waals surface area (Å²) in [5, 5.41) is 10.4. The van der Waals surface area contributed by atoms with Crippen LogP contribution in [0.2, 0.25) is 0 Å². The first-order valence-electron chi connectivity index (χ1n) is 10.0. The fraction of sp³-hybridized carbons (Fsp3) is 0.136. The van der Waals surface area contributed by atoms with Crippen LogP contribution in [0.5, 0.6) is 0 Å². The van der Waals surface area contributed by atoms with Crippen LogP contribution in [0.25, 0.3) is 21.3 Å². The lowest BCUT2D eigenvalue weighted by Crippen LogP contribution is -2.23. The molecule has 2 heterocycles. The zero-order valence-electron chi connectivity index (χ0n) is 17.8. The van der Waals surface area contributed by atoms with Crippen molar-refractivity contribution in [2.45, 2.75) is 23.5 Å². The molecule has 3 N–H and O–H groups in total. The van der Waals surface area contributed by atoms with E-state index in [2.05, 4.69) is 10.3 Å². The Bertz CT molecular complexity index is 1530. The standard InChI is InChI=1S/C22H19FN4O4S3/c1-2-27-21(29)19-17(13-3-5-14(23)6-4-13)11-32-20(19)26-22(27)33-12-18(28)25-15-7-9-16(10-8-15)34(24,30)31/h3-11H,2,12H2,1H3,(H,25,28)(H2,24,30,31). The number of rotatable bonds is 7. The number of nitrogens with zero attached hydrogens (tertiary/aromatic N) is 2. The van der Waals surface area contributed by atoms with Crippen LogP contribution in [0.1, 0.15) is 6.92 Å². The predicted octanol–water partition coefficient (Wildman–Crippen LogP) is 3.66. The molecule has 0 aliphatic rings. The van der Waals surface area contributed by atoms with Crippen molar-refractivity contribution in [1.29, 1.82) is 0 Å². The summed E-state index contributed by atoms with van der Waals surface area (Å²) < 4.78 is 37.5. The Balaban J connectivity index is 1.54. The van der Waals surface area contributed by atoms with Gasteiger partial charge in [-0.25, -0.2) is 22.9 Å². The number of nitrogens with two attached hydrogens (primary N) is 1. The van der Waals surface area contributed by atoms with E-state index in [9.17, 15) is 22.4 Å². The maximum absolute atomic E-state index is 13.3. The van der Waals surface area contributed by atoms with Crippen LogP contribution < -0.4 is 16.0 Å². The van der Waals surface area contributed by atoms with Crippen molar-refractivity contribution in [3.63, 3.8) is 0 Å². The molecule has 0 spiro atoms. The van der Waals surface area contributed by atoms with Gasteiger partial charge in [0.2, 0.25) is 15.9 Å². The first-order valence-corrected chi connectivity index (χ1v) is 13.4. The molecule has 0 atom stereocenters. The first kappa shape index (κ1) is 24.1. The second kappa shape index (κ2) is 9.66. The number of sulfonamides is 1. The molecule has 0 fully saturated rings. The number of fused-ring (bicyclic) bond motifs is 1. The second-order valence-electron chi connectivity index (χ2n) is 7.19. The SMILES string of the molecule is CCn1c(SCC(=O)Nc2ccc(S(N)(=O)=O)cc2)nc2scc(-c3ccc(F)cc3)c2c1=O. The zero-order valence-corrected chi connectivity index (χ0v) is 20.3. The molecule has 2 aromatic heterocycles. The number of amides is 1. The van der Waals surface area contributed by atoms with Crippen molar-refractivity contribution in [2.24, 2.45) is 5.14 Å². The summed E-state index contributed by atoms with van der Waals surface area (Å²) in [6.45, 7) is 2.18. The van der Waals surface area contributed by atoms with Crippen molar-refractivity contribution in [3.8, 4) is 11.1 Å². The van der Waals surface area contributed by atoms with E-state index in [1.807, 2.05) is 12.3 Å². The van der Waals surface area contributed by atoms with E-state index < -0.39 is 10.0 Å². The topological polar surface area (TPSA) is 124 Å². The highest BCUT2D eigenvalue weighted by Gasteiger charge is 2.18. The van der Waals surface area contributed by atoms with E-state index in [1.165, 1.54) is 52.3 Å². The van der Waals surface area contributed by atoms with Crippen LogP contribution in [0, 0.1) is 5.82 Å². The number of carbonyl (C=O) groups excluding carboxylic acids is 1. The Morgan fingerprint density at radius 3 is 2.47 bits per heavy atom. The summed E-state index contributed by atoms with van der Waals surface area (Å²) in [6, 6.07) is 11.4. The third kappa shape index (κ3) is 5.04. The summed E-state index contributed by atoms with van der Waals surface area (Å²) in [4.78, 5) is 30.7. The molecular formula is C22H19FN4O4S3. The maximum Gasteiger partial charge on any atom is 0.263 e. The van der Waals surface area contributed by atoms with Gasteiger partial charge >= 0.3 is 0 Å². The molecule has 1 amide bonds. The molecule has 0 radical (unpaired) electrons. The van der Waals surface area contributed by atoms with Gasteiger partial charge in [-0.15, -0.1) is 11.3 Å². The van der Waals surface area contributed by atoms with Gasteiger partial charge in [-0.1, -0.05) is 23.9 Å². The van der Waals surface area contributed by atoms with Crippen LogP contribution in [0.3, 0.4) is 0 Å². The molecule has 8 nitrogen and oxygen atoms in total. The van der Waals surface area contributed by atoms with E-state index in [1.54, 1.807) is 12.1 Å². The molecule has 0 saturated carbocycles. The van der Waals surface area contributed by atoms with E-state index in [0.29, 0.717) is 33.2 Å². The van der Waals surface area contributed by atoms with Gasteiger partial charge in [-0.3, -0.25) is 14.2 Å². The van der Waals surface area contributed by atoms with Crippen LogP contribution in [0.4, 0.5) is 10.1 Å². The number of carbonyl (C=O) groups is 1. The molecule has 34 heavy (non-hydrogen) atoms. The normalized spacial score (nSPS) is 11.6. The number of primary sulfonamides is 1. The van der Waals surface area contributed by atoms with E-state index in [0.717, 1.165) is 17.3 Å². The fourth-order valence-corrected chi connectivity index (χ4v) is 5.66. The van der Waals surface area contributed by atoms with E-state index >= 15 is 0 Å². The molecule has 4 rings (SSSR count). The summed E-state index contributed by atoms with van der Waals surface area (Å²) in [5.41, 5.74) is 1.60. The minimum atomic E-state index is -3.82. The van der Waals surface area contributed by atoms with Gasteiger partial charge in [0.05, 0.1) is 16.0 Å². The highest BCUT2D eigenvalue weighted by molar-refractivity contribution is 7.99. The number of anilines is 1. The molecule has 176 valence electrons. The van der Waals surface area contributed by atoms with Crippen molar-refractivity contribution >= 4 is 54.9 Å². The van der Waals surface area contributed by atoms with Gasteiger partial charge in [-0.2, -0.15) is 0 Å². The highest BCUT2D eigenvalue weighted by atomic mass is 32.2. The minimum absolute atomic E-state index is 0.00885. The Kier molecular flexibility index (Phi) is 6.84. The molecular weight excluding hydrogens is 499 g/mol. The largest absolute Gasteiger partial charge is 0.325 e. The number of halogens is 1. The highest BCUT2D eigenvalue weighted by Crippen LogP contribution is 2.32. The van der Waals surface area contributed by atoms with Gasteiger partial charge < -0.3 is 5.32 Å². The van der Waals surface area contributed by atoms with Crippen molar-refractivity contribution in [3.05, 3.63) is 70.1 Å². The van der Waals surface area contributed by atoms with Crippen LogP contribution >= 0.6 is 23.1 Å². The molecule has 4 aromatic rings. The van der Waals surface area contributed by atoms with Crippen molar-refractivity contribution in [2.75, 3.05) is 11.1 Å². The summed E-state index contributed by atoms with van der Waals surface area (Å²) >= 11 is 2.43. The molecule has 0 aliphatic carbocycles. The molecule has 2 aromatic carbocycles. The van der Waals surface area contributed by atoms with Crippen LogP contribution in [0.15, 0.2) is 68.8 Å². The third-order valence-electron chi connectivity index (χ3n) is 4.93. The van der Waals surface area contributed by atoms with Crippen LogP contribution in [-0.4, -0.2) is 29.6 Å². The van der Waals surface area contributed by atoms with Crippen molar-refractivity contribution < 1.29 is 17.6 Å². The monoisotopic (exact) mass is 518 g/mol. The number of hydrogen-bond donors (Lipinski definition) is 2. The Morgan fingerprint density at radius 1 is 1.18 bits per heavy atom. The lowest BCUT2D eigenvalue weighted by atomic mass is 10.1. The Labute approximate surface area is 202 Å². The predicted molar refractivity (Wildman–Crippen MR) is 132 cm³/mol. The fourth-order valence-electron chi connectivity index (χ4n) is 3.29. The number of nitrogens with one attached hydrogen (secondary N) is 1. The van der Waals surface area contributed by atoms with Gasteiger partial charge in [0.15, 0.2) is 5.16 Å². The number of thiophene rings is 1. The Morgan fingerprint density at radius 2 is 1.85 bits per heavy atom. The van der Waals surface area contributed by atoms with Gasteiger partial charge in [0.1, 0.15) is 10.6 Å². The smallest absolute Gasteiger partial charge is 0.263 e. The average Bonchev–Trinajstić information content (AvgIpc) is 3.22. The lowest BCUT2D eigenvalue weighted by Gasteiger charge is -2.11. The average molecular weight is 519 g/mol. The number of thioether (sulfide) groups is 1. The van der Waals surface area contributed by atoms with E-state index in [4.69, 9.17) is 5.14 Å². The zero-order chi connectivity index (χ0) is 24.5. The van der Waals surface area contributed by atoms with Crippen LogP contribution in [-0.2, 0) is 21.4 Å². The molecule has 0 bridgehead atoms. The molecule has 0 saturated heterocycles. The molecule has 0 unspecified atom stereocenters. The van der Waals surface area contributed by atoms with Gasteiger partial charge in [0.25, 0.3) is 5.56 Å². The maximum atomic E-state index is 13.3. The van der Waals surface area contributed by atoms with Gasteiger partial charge in [-0.05, 0) is 48.9 Å². The molecule has 12 heteroatoms.